The third-order valence-corrected chi connectivity index (χ3v) is 5.13. The summed E-state index contributed by atoms with van der Waals surface area (Å²) in [4.78, 5) is 12.1. The van der Waals surface area contributed by atoms with Crippen LogP contribution in [0, 0.1) is 6.92 Å². The van der Waals surface area contributed by atoms with E-state index in [1.165, 1.54) is 6.21 Å². The normalized spacial score (nSPS) is 10.9. The molecule has 7 heteroatoms. The molecule has 0 saturated carbocycles. The average molecular weight is 445 g/mol. The number of nitrogens with zero attached hydrogens (tertiary/aromatic N) is 3. The van der Waals surface area contributed by atoms with Crippen molar-refractivity contribution < 1.29 is 9.53 Å². The Balaban J connectivity index is 1.32. The van der Waals surface area contributed by atoms with Crippen LogP contribution in [0.1, 0.15) is 11.3 Å². The van der Waals surface area contributed by atoms with Crippen LogP contribution in [0.4, 0.5) is 0 Å². The second-order valence-corrected chi connectivity index (χ2v) is 7.37. The fourth-order valence-corrected chi connectivity index (χ4v) is 3.44. The highest BCUT2D eigenvalue weighted by Crippen LogP contribution is 2.23. The van der Waals surface area contributed by atoms with E-state index in [9.17, 15) is 4.79 Å². The standard InChI is InChI=1S/C25H21ClN4O2/c1-18-23(25(26)30(29-18)21-10-6-3-7-11-21)16-27-28-24(31)17-32-22-14-12-20(13-15-22)19-8-4-2-5-9-19/h2-16H,17H2,1H3,(H,28,31)/b27-16+. The number of aromatic nitrogens is 2. The Morgan fingerprint density at radius 1 is 1.00 bits per heavy atom. The summed E-state index contributed by atoms with van der Waals surface area (Å²) in [7, 11) is 0. The molecule has 32 heavy (non-hydrogen) atoms. The molecule has 0 radical (unpaired) electrons. The van der Waals surface area contributed by atoms with E-state index < -0.39 is 0 Å². The molecular formula is C25H21ClN4O2. The van der Waals surface area contributed by atoms with Crippen molar-refractivity contribution in [2.45, 2.75) is 6.92 Å². The fraction of sp³-hybridized carbons (Fsp3) is 0.0800. The van der Waals surface area contributed by atoms with Crippen molar-refractivity contribution in [1.29, 1.82) is 0 Å². The van der Waals surface area contributed by atoms with Crippen LogP contribution in [0.3, 0.4) is 0 Å². The zero-order valence-electron chi connectivity index (χ0n) is 17.4. The number of hydrogen-bond donors (Lipinski definition) is 1. The molecule has 6 nitrogen and oxygen atoms in total. The molecule has 1 amide bonds. The van der Waals surface area contributed by atoms with E-state index in [-0.39, 0.29) is 12.5 Å². The molecule has 4 rings (SSSR count). The van der Waals surface area contributed by atoms with Gasteiger partial charge in [-0.2, -0.15) is 10.2 Å². The predicted molar refractivity (Wildman–Crippen MR) is 126 cm³/mol. The Hall–Kier alpha value is -3.90. The number of carbonyl (C=O) groups is 1. The summed E-state index contributed by atoms with van der Waals surface area (Å²) in [5.41, 5.74) is 6.83. The van der Waals surface area contributed by atoms with E-state index in [0.717, 1.165) is 16.8 Å². The molecule has 1 aromatic heterocycles. The average Bonchev–Trinajstić information content (AvgIpc) is 3.12. The van der Waals surface area contributed by atoms with Crippen LogP contribution in [0.15, 0.2) is 90.0 Å². The molecule has 0 saturated heterocycles. The minimum Gasteiger partial charge on any atom is -0.484 e. The van der Waals surface area contributed by atoms with Crippen molar-refractivity contribution >= 4 is 23.7 Å². The fourth-order valence-electron chi connectivity index (χ4n) is 3.12. The number of halogens is 1. The number of amides is 1. The van der Waals surface area contributed by atoms with Crippen molar-refractivity contribution in [2.24, 2.45) is 5.10 Å². The molecule has 0 unspecified atom stereocenters. The van der Waals surface area contributed by atoms with Gasteiger partial charge in [-0.15, -0.1) is 0 Å². The van der Waals surface area contributed by atoms with Crippen molar-refractivity contribution in [3.8, 4) is 22.6 Å². The maximum Gasteiger partial charge on any atom is 0.277 e. The van der Waals surface area contributed by atoms with E-state index in [1.54, 1.807) is 4.68 Å². The summed E-state index contributed by atoms with van der Waals surface area (Å²) in [5, 5.41) is 8.85. The molecular weight excluding hydrogens is 424 g/mol. The highest BCUT2D eigenvalue weighted by Gasteiger charge is 2.13. The Morgan fingerprint density at radius 3 is 2.31 bits per heavy atom. The maximum absolute atomic E-state index is 12.1. The first-order valence-corrected chi connectivity index (χ1v) is 10.4. The number of aryl methyl sites for hydroxylation is 1. The van der Waals surface area contributed by atoms with Crippen LogP contribution in [0.25, 0.3) is 16.8 Å². The molecule has 0 aliphatic carbocycles. The Bertz CT molecular complexity index is 1220. The lowest BCUT2D eigenvalue weighted by molar-refractivity contribution is -0.123. The Labute approximate surface area is 191 Å². The summed E-state index contributed by atoms with van der Waals surface area (Å²) < 4.78 is 7.17. The SMILES string of the molecule is Cc1nn(-c2ccccc2)c(Cl)c1/C=N/NC(=O)COc1ccc(-c2ccccc2)cc1. The first-order valence-electron chi connectivity index (χ1n) is 10.0. The Morgan fingerprint density at radius 2 is 1.62 bits per heavy atom. The minimum absolute atomic E-state index is 0.155. The van der Waals surface area contributed by atoms with Gasteiger partial charge < -0.3 is 4.74 Å². The van der Waals surface area contributed by atoms with Crippen LogP contribution < -0.4 is 10.2 Å². The van der Waals surface area contributed by atoms with E-state index >= 15 is 0 Å². The predicted octanol–water partition coefficient (Wildman–Crippen LogP) is 5.03. The van der Waals surface area contributed by atoms with E-state index in [0.29, 0.717) is 22.2 Å². The molecule has 4 aromatic rings. The molecule has 0 bridgehead atoms. The van der Waals surface area contributed by atoms with Gasteiger partial charge in [-0.25, -0.2) is 10.1 Å². The zero-order valence-corrected chi connectivity index (χ0v) is 18.2. The summed E-state index contributed by atoms with van der Waals surface area (Å²) in [6.07, 6.45) is 1.48. The molecule has 0 spiro atoms. The maximum atomic E-state index is 12.1. The van der Waals surface area contributed by atoms with Crippen LogP contribution in [0.2, 0.25) is 5.15 Å². The second-order valence-electron chi connectivity index (χ2n) is 7.01. The molecule has 0 fully saturated rings. The third-order valence-electron chi connectivity index (χ3n) is 4.76. The summed E-state index contributed by atoms with van der Waals surface area (Å²) in [6, 6.07) is 27.2. The van der Waals surface area contributed by atoms with Gasteiger partial charge in [-0.3, -0.25) is 4.79 Å². The van der Waals surface area contributed by atoms with Crippen LogP contribution in [-0.4, -0.2) is 28.5 Å². The Kier molecular flexibility index (Phi) is 6.63. The molecule has 0 aliphatic rings. The number of rotatable bonds is 7. The number of hydrogen-bond acceptors (Lipinski definition) is 4. The molecule has 3 aromatic carbocycles. The summed E-state index contributed by atoms with van der Waals surface area (Å²) >= 11 is 6.45. The largest absolute Gasteiger partial charge is 0.484 e. The monoisotopic (exact) mass is 444 g/mol. The minimum atomic E-state index is -0.377. The molecule has 1 heterocycles. The van der Waals surface area contributed by atoms with Crippen LogP contribution in [0.5, 0.6) is 5.75 Å². The van der Waals surface area contributed by atoms with Gasteiger partial charge in [0.05, 0.1) is 23.2 Å². The molecule has 0 atom stereocenters. The van der Waals surface area contributed by atoms with Crippen molar-refractivity contribution in [3.05, 3.63) is 101 Å². The van der Waals surface area contributed by atoms with Crippen molar-refractivity contribution in [3.63, 3.8) is 0 Å². The highest BCUT2D eigenvalue weighted by molar-refractivity contribution is 6.32. The summed E-state index contributed by atoms with van der Waals surface area (Å²) in [6.45, 7) is 1.68. The van der Waals surface area contributed by atoms with Gasteiger partial charge in [0.1, 0.15) is 10.9 Å². The third kappa shape index (κ3) is 5.04. The number of benzene rings is 3. The van der Waals surface area contributed by atoms with Gasteiger partial charge in [0.25, 0.3) is 5.91 Å². The van der Waals surface area contributed by atoms with Gasteiger partial charge in [-0.1, -0.05) is 72.3 Å². The van der Waals surface area contributed by atoms with Gasteiger partial charge >= 0.3 is 0 Å². The molecule has 0 aliphatic heterocycles. The number of para-hydroxylation sites is 1. The highest BCUT2D eigenvalue weighted by atomic mass is 35.5. The topological polar surface area (TPSA) is 68.5 Å². The number of ether oxygens (including phenoxy) is 1. The second kappa shape index (κ2) is 9.94. The molecule has 1 N–H and O–H groups in total. The quantitative estimate of drug-likeness (QED) is 0.321. The lowest BCUT2D eigenvalue weighted by atomic mass is 10.1. The smallest absolute Gasteiger partial charge is 0.277 e. The lowest BCUT2D eigenvalue weighted by Crippen LogP contribution is -2.24. The first kappa shape index (κ1) is 21.3. The van der Waals surface area contributed by atoms with E-state index in [1.807, 2.05) is 91.9 Å². The van der Waals surface area contributed by atoms with Crippen molar-refractivity contribution in [2.75, 3.05) is 6.61 Å². The first-order chi connectivity index (χ1) is 15.6. The summed E-state index contributed by atoms with van der Waals surface area (Å²) in [5.74, 6) is 0.226. The number of hydrazone groups is 1. The number of carbonyl (C=O) groups excluding carboxylic acids is 1. The molecule has 160 valence electrons. The van der Waals surface area contributed by atoms with Crippen LogP contribution in [-0.2, 0) is 4.79 Å². The van der Waals surface area contributed by atoms with E-state index in [4.69, 9.17) is 16.3 Å². The van der Waals surface area contributed by atoms with Gasteiger partial charge in [-0.05, 0) is 42.3 Å². The van der Waals surface area contributed by atoms with Crippen LogP contribution >= 0.6 is 11.6 Å². The zero-order chi connectivity index (χ0) is 22.3. The van der Waals surface area contributed by atoms with Crippen molar-refractivity contribution in [1.82, 2.24) is 15.2 Å². The number of nitrogens with one attached hydrogen (secondary N) is 1. The van der Waals surface area contributed by atoms with E-state index in [2.05, 4.69) is 15.6 Å². The van der Waals surface area contributed by atoms with Gasteiger partial charge in [0, 0.05) is 0 Å². The lowest BCUT2D eigenvalue weighted by Gasteiger charge is -2.06. The van der Waals surface area contributed by atoms with Gasteiger partial charge in [0.15, 0.2) is 6.61 Å². The van der Waals surface area contributed by atoms with Gasteiger partial charge in [0.2, 0.25) is 0 Å².